The second kappa shape index (κ2) is 3.28. The molecule has 2 atom stereocenters. The smallest absolute Gasteiger partial charge is 0.0685 e. The molecule has 0 radical (unpaired) electrons. The lowest BCUT2D eigenvalue weighted by Gasteiger charge is -2.46. The van der Waals surface area contributed by atoms with E-state index in [1.54, 1.807) is 0 Å². The average molecular weight is 220 g/mol. The number of fused-ring (bicyclic) bond motifs is 3. The van der Waals surface area contributed by atoms with Gasteiger partial charge in [-0.25, -0.2) is 0 Å². The molecule has 2 bridgehead atoms. The monoisotopic (exact) mass is 220 g/mol. The van der Waals surface area contributed by atoms with Crippen LogP contribution >= 0.6 is 0 Å². The van der Waals surface area contributed by atoms with Crippen molar-refractivity contribution in [2.75, 3.05) is 0 Å². The molecule has 0 heterocycles. The molecule has 2 unspecified atom stereocenters. The molecule has 0 spiro atoms. The van der Waals surface area contributed by atoms with Crippen molar-refractivity contribution in [3.05, 3.63) is 35.4 Å². The number of hydrogen-bond acceptors (Lipinski definition) is 4. The second-order valence-electron chi connectivity index (χ2n) is 5.35. The van der Waals surface area contributed by atoms with E-state index in [4.69, 9.17) is 22.9 Å². The Morgan fingerprint density at radius 3 is 1.19 bits per heavy atom. The summed E-state index contributed by atoms with van der Waals surface area (Å²) in [6.07, 6.45) is 0. The molecule has 2 aliphatic rings. The molecule has 3 rings (SSSR count). The van der Waals surface area contributed by atoms with E-state index in [1.165, 1.54) is 0 Å². The number of nitrogens with two attached hydrogens (primary N) is 4. The van der Waals surface area contributed by atoms with Crippen LogP contribution in [-0.4, -0.2) is 11.3 Å². The zero-order valence-corrected chi connectivity index (χ0v) is 9.77. The lowest BCUT2D eigenvalue weighted by molar-refractivity contribution is 0.251. The minimum absolute atomic E-state index is 0.0301. The normalized spacial score (nSPS) is 24.9. The Balaban J connectivity index is 2.53. The second-order valence-corrected chi connectivity index (χ2v) is 5.35. The number of benzene rings is 1. The van der Waals surface area contributed by atoms with Crippen LogP contribution in [-0.2, 0) is 0 Å². The van der Waals surface area contributed by atoms with Crippen molar-refractivity contribution in [2.45, 2.75) is 37.0 Å². The molecule has 0 saturated carbocycles. The summed E-state index contributed by atoms with van der Waals surface area (Å²) < 4.78 is 0. The molecule has 0 aromatic heterocycles. The Labute approximate surface area is 96.0 Å². The van der Waals surface area contributed by atoms with Crippen LogP contribution in [0.5, 0.6) is 0 Å². The first-order valence-electron chi connectivity index (χ1n) is 5.46. The summed E-state index contributed by atoms with van der Waals surface area (Å²) in [6, 6.07) is 8.17. The van der Waals surface area contributed by atoms with Gasteiger partial charge < -0.3 is 22.9 Å². The summed E-state index contributed by atoms with van der Waals surface area (Å²) in [5.74, 6) is -0.0602. The van der Waals surface area contributed by atoms with Gasteiger partial charge in [0.05, 0.1) is 11.3 Å². The molecule has 1 aromatic rings. The Hall–Kier alpha value is -0.940. The molecule has 4 nitrogen and oxygen atoms in total. The zero-order valence-electron chi connectivity index (χ0n) is 9.77. The fraction of sp³-hybridized carbons (Fsp3) is 0.500. The van der Waals surface area contributed by atoms with E-state index in [0.717, 1.165) is 11.1 Å². The van der Waals surface area contributed by atoms with Gasteiger partial charge in [-0.15, -0.1) is 0 Å². The quantitative estimate of drug-likeness (QED) is 0.532. The molecule has 0 aliphatic heterocycles. The molecule has 16 heavy (non-hydrogen) atoms. The van der Waals surface area contributed by atoms with Crippen LogP contribution < -0.4 is 22.9 Å². The van der Waals surface area contributed by atoms with Gasteiger partial charge in [0.2, 0.25) is 0 Å². The highest BCUT2D eigenvalue weighted by Crippen LogP contribution is 2.45. The van der Waals surface area contributed by atoms with Crippen LogP contribution in [0.1, 0.15) is 36.8 Å². The Morgan fingerprint density at radius 2 is 1.00 bits per heavy atom. The molecule has 0 amide bonds. The van der Waals surface area contributed by atoms with Gasteiger partial charge in [0.1, 0.15) is 0 Å². The molecule has 0 fully saturated rings. The van der Waals surface area contributed by atoms with E-state index >= 15 is 0 Å². The fourth-order valence-corrected chi connectivity index (χ4v) is 2.73. The third-order valence-electron chi connectivity index (χ3n) is 3.33. The van der Waals surface area contributed by atoms with Gasteiger partial charge >= 0.3 is 0 Å². The molecule has 2 aliphatic carbocycles. The Morgan fingerprint density at radius 1 is 0.750 bits per heavy atom. The van der Waals surface area contributed by atoms with Crippen LogP contribution in [0, 0.1) is 0 Å². The summed E-state index contributed by atoms with van der Waals surface area (Å²) in [5, 5.41) is 0. The highest BCUT2D eigenvalue weighted by atomic mass is 15.0. The van der Waals surface area contributed by atoms with E-state index in [0.29, 0.717) is 0 Å². The highest BCUT2D eigenvalue weighted by molar-refractivity contribution is 5.41. The summed E-state index contributed by atoms with van der Waals surface area (Å²) in [6.45, 7) is 3.62. The molecule has 1 aromatic carbocycles. The molecule has 88 valence electrons. The molecular formula is C12H20N4. The fourth-order valence-electron chi connectivity index (χ4n) is 2.73. The van der Waals surface area contributed by atoms with Crippen LogP contribution in [0.15, 0.2) is 24.3 Å². The third-order valence-corrected chi connectivity index (χ3v) is 3.33. The largest absolute Gasteiger partial charge is 0.313 e. The van der Waals surface area contributed by atoms with Crippen molar-refractivity contribution in [1.29, 1.82) is 0 Å². The maximum absolute atomic E-state index is 6.05. The predicted molar refractivity (Wildman–Crippen MR) is 65.5 cm³/mol. The molecular weight excluding hydrogens is 200 g/mol. The Bertz CT molecular complexity index is 344. The molecule has 4 heteroatoms. The van der Waals surface area contributed by atoms with Gasteiger partial charge in [0, 0.05) is 11.8 Å². The van der Waals surface area contributed by atoms with Crippen molar-refractivity contribution in [1.82, 2.24) is 0 Å². The van der Waals surface area contributed by atoms with Gasteiger partial charge in [-0.2, -0.15) is 0 Å². The van der Waals surface area contributed by atoms with E-state index < -0.39 is 11.3 Å². The van der Waals surface area contributed by atoms with Gasteiger partial charge in [-0.1, -0.05) is 24.3 Å². The zero-order chi connectivity index (χ0) is 12.1. The first-order valence-corrected chi connectivity index (χ1v) is 5.46. The van der Waals surface area contributed by atoms with Crippen molar-refractivity contribution >= 4 is 0 Å². The highest BCUT2D eigenvalue weighted by Gasteiger charge is 2.44. The van der Waals surface area contributed by atoms with Crippen LogP contribution in [0.25, 0.3) is 0 Å². The van der Waals surface area contributed by atoms with Gasteiger partial charge in [-0.05, 0) is 25.0 Å². The lowest BCUT2D eigenvalue weighted by atomic mass is 9.66. The molecule has 0 saturated heterocycles. The van der Waals surface area contributed by atoms with Crippen molar-refractivity contribution < 1.29 is 0 Å². The lowest BCUT2D eigenvalue weighted by Crippen LogP contribution is -2.62. The first kappa shape index (κ1) is 11.5. The Kier molecular flexibility index (Phi) is 2.36. The average Bonchev–Trinajstić information content (AvgIpc) is 2.15. The van der Waals surface area contributed by atoms with E-state index in [2.05, 4.69) is 0 Å². The maximum atomic E-state index is 6.05. The minimum atomic E-state index is -0.819. The van der Waals surface area contributed by atoms with Gasteiger partial charge in [0.15, 0.2) is 0 Å². The van der Waals surface area contributed by atoms with E-state index in [-0.39, 0.29) is 11.8 Å². The summed E-state index contributed by atoms with van der Waals surface area (Å²) >= 11 is 0. The maximum Gasteiger partial charge on any atom is 0.0685 e. The van der Waals surface area contributed by atoms with Crippen LogP contribution in [0.3, 0.4) is 0 Å². The topological polar surface area (TPSA) is 104 Å². The third kappa shape index (κ3) is 1.74. The summed E-state index contributed by atoms with van der Waals surface area (Å²) in [5.41, 5.74) is 24.8. The molecule has 8 N–H and O–H groups in total. The van der Waals surface area contributed by atoms with Crippen LogP contribution in [0.2, 0.25) is 0 Å². The first-order chi connectivity index (χ1) is 7.21. The standard InChI is InChI=1S/C12H20N4/c1-11(13,14)9-7-3-5-8(6-4-7)10(9)12(2,15)16/h3-6,9-10H,13-16H2,1-2H3. The predicted octanol–water partition coefficient (Wildman–Crippen LogP) is 0.135. The van der Waals surface area contributed by atoms with E-state index in [1.807, 2.05) is 38.1 Å². The van der Waals surface area contributed by atoms with Crippen molar-refractivity contribution in [2.24, 2.45) is 22.9 Å². The minimum Gasteiger partial charge on any atom is -0.313 e. The summed E-state index contributed by atoms with van der Waals surface area (Å²) in [4.78, 5) is 0. The van der Waals surface area contributed by atoms with Crippen LogP contribution in [0.4, 0.5) is 0 Å². The van der Waals surface area contributed by atoms with Crippen molar-refractivity contribution in [3.8, 4) is 0 Å². The van der Waals surface area contributed by atoms with Gasteiger partial charge in [0.25, 0.3) is 0 Å². The van der Waals surface area contributed by atoms with Crippen molar-refractivity contribution in [3.63, 3.8) is 0 Å². The number of rotatable bonds is 2. The number of hydrogen-bond donors (Lipinski definition) is 4. The summed E-state index contributed by atoms with van der Waals surface area (Å²) in [7, 11) is 0. The SMILES string of the molecule is CC(N)(N)C1c2ccc(cc2)C1C(C)(N)N. The van der Waals surface area contributed by atoms with E-state index in [9.17, 15) is 0 Å². The van der Waals surface area contributed by atoms with Gasteiger partial charge in [-0.3, -0.25) is 0 Å².